The van der Waals surface area contributed by atoms with E-state index in [2.05, 4.69) is 4.74 Å². The zero-order valence-corrected chi connectivity index (χ0v) is 9.21. The van der Waals surface area contributed by atoms with Crippen LogP contribution in [0.15, 0.2) is 35.2 Å². The Labute approximate surface area is 88.7 Å². The quantitative estimate of drug-likeness (QED) is 0.564. The van der Waals surface area contributed by atoms with E-state index in [1.54, 1.807) is 11.8 Å². The second-order valence-electron chi connectivity index (χ2n) is 3.02. The number of methoxy groups -OCH3 is 1. The van der Waals surface area contributed by atoms with Gasteiger partial charge in [0.2, 0.25) is 0 Å². The topological polar surface area (TPSA) is 26.3 Å². The van der Waals surface area contributed by atoms with E-state index in [9.17, 15) is 4.79 Å². The highest BCUT2D eigenvalue weighted by Gasteiger charge is 2.09. The van der Waals surface area contributed by atoms with Crippen LogP contribution in [-0.2, 0) is 9.53 Å². The first-order valence-corrected chi connectivity index (χ1v) is 5.39. The average molecular weight is 210 g/mol. The zero-order chi connectivity index (χ0) is 10.4. The summed E-state index contributed by atoms with van der Waals surface area (Å²) in [6.07, 6.45) is 0.454. The molecule has 0 bridgehead atoms. The molecule has 1 aromatic rings. The molecule has 0 spiro atoms. The summed E-state index contributed by atoms with van der Waals surface area (Å²) in [5.41, 5.74) is 0. The fourth-order valence-electron chi connectivity index (χ4n) is 1.09. The lowest BCUT2D eigenvalue weighted by Gasteiger charge is -2.08. The molecule has 0 radical (unpaired) electrons. The van der Waals surface area contributed by atoms with Gasteiger partial charge in [0.1, 0.15) is 0 Å². The number of carbonyl (C=O) groups is 1. The lowest BCUT2D eigenvalue weighted by molar-refractivity contribution is -0.140. The van der Waals surface area contributed by atoms with E-state index >= 15 is 0 Å². The highest BCUT2D eigenvalue weighted by atomic mass is 32.2. The fraction of sp³-hybridized carbons (Fsp3) is 0.364. The van der Waals surface area contributed by atoms with Gasteiger partial charge in [-0.15, -0.1) is 11.8 Å². The number of rotatable bonds is 4. The van der Waals surface area contributed by atoms with Gasteiger partial charge in [-0.1, -0.05) is 25.1 Å². The second kappa shape index (κ2) is 5.70. The molecule has 0 saturated heterocycles. The third-order valence-electron chi connectivity index (χ3n) is 1.76. The molecule has 1 atom stereocenters. The van der Waals surface area contributed by atoms with Gasteiger partial charge in [-0.2, -0.15) is 0 Å². The second-order valence-corrected chi connectivity index (χ2v) is 4.53. The summed E-state index contributed by atoms with van der Waals surface area (Å²) in [5.74, 6) is -0.152. The SMILES string of the molecule is COC(=O)C[C@H](C)Sc1ccccc1. The van der Waals surface area contributed by atoms with Gasteiger partial charge in [0.25, 0.3) is 0 Å². The maximum atomic E-state index is 11.0. The Hall–Kier alpha value is -0.960. The molecule has 0 amide bonds. The van der Waals surface area contributed by atoms with E-state index in [0.717, 1.165) is 0 Å². The predicted octanol–water partition coefficient (Wildman–Crippen LogP) is 2.73. The normalized spacial score (nSPS) is 12.1. The molecule has 0 aliphatic carbocycles. The molecular formula is C11H14O2S. The lowest BCUT2D eigenvalue weighted by atomic mass is 10.3. The number of benzene rings is 1. The minimum Gasteiger partial charge on any atom is -0.469 e. The van der Waals surface area contributed by atoms with Crippen molar-refractivity contribution in [3.05, 3.63) is 30.3 Å². The molecule has 14 heavy (non-hydrogen) atoms. The summed E-state index contributed by atoms with van der Waals surface area (Å²) >= 11 is 1.69. The minimum absolute atomic E-state index is 0.152. The number of hydrogen-bond acceptors (Lipinski definition) is 3. The van der Waals surface area contributed by atoms with Crippen molar-refractivity contribution in [3.63, 3.8) is 0 Å². The van der Waals surface area contributed by atoms with Crippen LogP contribution in [0.2, 0.25) is 0 Å². The first kappa shape index (κ1) is 11.1. The molecule has 0 unspecified atom stereocenters. The van der Waals surface area contributed by atoms with E-state index in [1.165, 1.54) is 12.0 Å². The molecule has 3 heteroatoms. The molecule has 0 aliphatic heterocycles. The van der Waals surface area contributed by atoms with Gasteiger partial charge in [0.05, 0.1) is 13.5 Å². The third kappa shape index (κ3) is 3.83. The van der Waals surface area contributed by atoms with Crippen molar-refractivity contribution in [2.75, 3.05) is 7.11 Å². The van der Waals surface area contributed by atoms with Gasteiger partial charge < -0.3 is 4.74 Å². The highest BCUT2D eigenvalue weighted by molar-refractivity contribution is 8.00. The van der Waals surface area contributed by atoms with Crippen molar-refractivity contribution in [1.82, 2.24) is 0 Å². The largest absolute Gasteiger partial charge is 0.469 e. The molecule has 2 nitrogen and oxygen atoms in total. The summed E-state index contributed by atoms with van der Waals surface area (Å²) in [5, 5.41) is 0.254. The number of ether oxygens (including phenoxy) is 1. The van der Waals surface area contributed by atoms with Gasteiger partial charge in [-0.3, -0.25) is 4.79 Å². The van der Waals surface area contributed by atoms with Gasteiger partial charge in [-0.05, 0) is 12.1 Å². The molecule has 1 rings (SSSR count). The van der Waals surface area contributed by atoms with Gasteiger partial charge in [-0.25, -0.2) is 0 Å². The van der Waals surface area contributed by atoms with E-state index in [0.29, 0.717) is 6.42 Å². The van der Waals surface area contributed by atoms with Crippen LogP contribution in [0.4, 0.5) is 0 Å². The first-order valence-electron chi connectivity index (χ1n) is 4.51. The van der Waals surface area contributed by atoms with Crippen molar-refractivity contribution >= 4 is 17.7 Å². The summed E-state index contributed by atoms with van der Waals surface area (Å²) < 4.78 is 4.61. The standard InChI is InChI=1S/C11H14O2S/c1-9(8-11(12)13-2)14-10-6-4-3-5-7-10/h3-7,9H,8H2,1-2H3/t9-/m0/s1. The molecule has 0 fully saturated rings. The van der Waals surface area contributed by atoms with Crippen LogP contribution in [-0.4, -0.2) is 18.3 Å². The molecule has 0 N–H and O–H groups in total. The van der Waals surface area contributed by atoms with E-state index in [1.807, 2.05) is 37.3 Å². The van der Waals surface area contributed by atoms with Crippen molar-refractivity contribution in [2.45, 2.75) is 23.5 Å². The van der Waals surface area contributed by atoms with Crippen molar-refractivity contribution < 1.29 is 9.53 Å². The Morgan fingerprint density at radius 1 is 1.43 bits per heavy atom. The van der Waals surface area contributed by atoms with Crippen LogP contribution in [0, 0.1) is 0 Å². The molecule has 0 aliphatic rings. The fourth-order valence-corrected chi connectivity index (χ4v) is 2.09. The van der Waals surface area contributed by atoms with Crippen LogP contribution >= 0.6 is 11.8 Å². The van der Waals surface area contributed by atoms with Crippen molar-refractivity contribution in [1.29, 1.82) is 0 Å². The van der Waals surface area contributed by atoms with Gasteiger partial charge in [0, 0.05) is 10.1 Å². The Balaban J connectivity index is 2.41. The van der Waals surface area contributed by atoms with Crippen LogP contribution < -0.4 is 0 Å². The minimum atomic E-state index is -0.152. The van der Waals surface area contributed by atoms with E-state index < -0.39 is 0 Å². The molecule has 0 heterocycles. The van der Waals surface area contributed by atoms with Crippen LogP contribution in [0.3, 0.4) is 0 Å². The van der Waals surface area contributed by atoms with Crippen LogP contribution in [0.5, 0.6) is 0 Å². The third-order valence-corrected chi connectivity index (χ3v) is 2.88. The van der Waals surface area contributed by atoms with Crippen molar-refractivity contribution in [2.24, 2.45) is 0 Å². The van der Waals surface area contributed by atoms with E-state index in [4.69, 9.17) is 0 Å². The maximum absolute atomic E-state index is 11.0. The van der Waals surface area contributed by atoms with E-state index in [-0.39, 0.29) is 11.2 Å². The van der Waals surface area contributed by atoms with Crippen LogP contribution in [0.25, 0.3) is 0 Å². The molecule has 1 aromatic carbocycles. The molecule has 76 valence electrons. The number of esters is 1. The Morgan fingerprint density at radius 3 is 2.64 bits per heavy atom. The Kier molecular flexibility index (Phi) is 4.53. The van der Waals surface area contributed by atoms with Crippen molar-refractivity contribution in [3.8, 4) is 0 Å². The molecule has 0 aromatic heterocycles. The van der Waals surface area contributed by atoms with Gasteiger partial charge in [0.15, 0.2) is 0 Å². The Morgan fingerprint density at radius 2 is 2.07 bits per heavy atom. The molecule has 0 saturated carbocycles. The number of thioether (sulfide) groups is 1. The highest BCUT2D eigenvalue weighted by Crippen LogP contribution is 2.24. The summed E-state index contributed by atoms with van der Waals surface area (Å²) in [4.78, 5) is 12.2. The van der Waals surface area contributed by atoms with Crippen LogP contribution in [0.1, 0.15) is 13.3 Å². The number of carbonyl (C=O) groups excluding carboxylic acids is 1. The maximum Gasteiger partial charge on any atom is 0.306 e. The average Bonchev–Trinajstić information content (AvgIpc) is 2.19. The number of hydrogen-bond donors (Lipinski definition) is 0. The summed E-state index contributed by atoms with van der Waals surface area (Å²) in [6, 6.07) is 10.0. The Bertz CT molecular complexity index is 285. The first-order chi connectivity index (χ1) is 6.72. The summed E-state index contributed by atoms with van der Waals surface area (Å²) in [6.45, 7) is 2.02. The van der Waals surface area contributed by atoms with Gasteiger partial charge >= 0.3 is 5.97 Å². The lowest BCUT2D eigenvalue weighted by Crippen LogP contribution is -2.08. The summed E-state index contributed by atoms with van der Waals surface area (Å²) in [7, 11) is 1.42. The zero-order valence-electron chi connectivity index (χ0n) is 8.40. The predicted molar refractivity (Wildman–Crippen MR) is 58.4 cm³/mol. The molecular weight excluding hydrogens is 196 g/mol. The monoisotopic (exact) mass is 210 g/mol. The smallest absolute Gasteiger partial charge is 0.306 e.